The highest BCUT2D eigenvalue weighted by molar-refractivity contribution is 5.80. The van der Waals surface area contributed by atoms with E-state index in [1.165, 1.54) is 4.90 Å². The lowest BCUT2D eigenvalue weighted by Gasteiger charge is -2.36. The van der Waals surface area contributed by atoms with Gasteiger partial charge in [0.2, 0.25) is 0 Å². The molecule has 126 valence electrons. The van der Waals surface area contributed by atoms with Crippen molar-refractivity contribution in [1.82, 2.24) is 4.90 Å². The van der Waals surface area contributed by atoms with Crippen molar-refractivity contribution in [3.8, 4) is 0 Å². The van der Waals surface area contributed by atoms with Crippen LogP contribution in [0.3, 0.4) is 0 Å². The molecule has 1 aliphatic heterocycles. The van der Waals surface area contributed by atoms with Crippen LogP contribution in [0.15, 0.2) is 30.3 Å². The van der Waals surface area contributed by atoms with Gasteiger partial charge in [-0.05, 0) is 19.4 Å². The van der Waals surface area contributed by atoms with Gasteiger partial charge in [-0.1, -0.05) is 30.3 Å². The maximum atomic E-state index is 12.0. The molecular weight excluding hydrogens is 298 g/mol. The van der Waals surface area contributed by atoms with Crippen LogP contribution in [-0.2, 0) is 20.9 Å². The molecule has 0 unspecified atom stereocenters. The van der Waals surface area contributed by atoms with Crippen molar-refractivity contribution < 1.29 is 24.2 Å². The highest BCUT2D eigenvalue weighted by Crippen LogP contribution is 2.24. The van der Waals surface area contributed by atoms with Gasteiger partial charge in [0.15, 0.2) is 5.60 Å². The lowest BCUT2D eigenvalue weighted by Crippen LogP contribution is -2.52. The van der Waals surface area contributed by atoms with Gasteiger partial charge in [-0.25, -0.2) is 9.59 Å². The number of carbonyl (C=O) groups excluding carboxylic acids is 2. The summed E-state index contributed by atoms with van der Waals surface area (Å²) in [6.07, 6.45) is -0.411. The topological polar surface area (TPSA) is 76.1 Å². The van der Waals surface area contributed by atoms with E-state index in [-0.39, 0.29) is 38.6 Å². The van der Waals surface area contributed by atoms with Gasteiger partial charge in [0, 0.05) is 25.9 Å². The zero-order valence-electron chi connectivity index (χ0n) is 13.5. The summed E-state index contributed by atoms with van der Waals surface area (Å²) in [6, 6.07) is 9.41. The summed E-state index contributed by atoms with van der Waals surface area (Å²) >= 11 is 0. The molecule has 0 aromatic heterocycles. The summed E-state index contributed by atoms with van der Waals surface area (Å²) in [6.45, 7) is 4.19. The minimum absolute atomic E-state index is 0.152. The third-order valence-electron chi connectivity index (χ3n) is 3.78. The van der Waals surface area contributed by atoms with Crippen LogP contribution in [0.4, 0.5) is 4.79 Å². The maximum Gasteiger partial charge on any atom is 0.410 e. The van der Waals surface area contributed by atoms with Crippen molar-refractivity contribution >= 4 is 12.1 Å². The van der Waals surface area contributed by atoms with E-state index in [1.807, 2.05) is 30.3 Å². The molecule has 2 rings (SSSR count). The Morgan fingerprint density at radius 1 is 1.22 bits per heavy atom. The number of nitrogens with zero attached hydrogens (tertiary/aromatic N) is 1. The highest BCUT2D eigenvalue weighted by atomic mass is 16.6. The van der Waals surface area contributed by atoms with E-state index < -0.39 is 17.7 Å². The smallest absolute Gasteiger partial charge is 0.410 e. The van der Waals surface area contributed by atoms with E-state index in [1.54, 1.807) is 13.8 Å². The first-order valence-corrected chi connectivity index (χ1v) is 7.80. The number of carbonyl (C=O) groups is 2. The Hall–Kier alpha value is -2.08. The summed E-state index contributed by atoms with van der Waals surface area (Å²) in [5.41, 5.74) is -0.601. The predicted octanol–water partition coefficient (Wildman–Crippen LogP) is 2.10. The van der Waals surface area contributed by atoms with Gasteiger partial charge in [-0.3, -0.25) is 0 Å². The predicted molar refractivity (Wildman–Crippen MR) is 83.6 cm³/mol. The fourth-order valence-corrected chi connectivity index (χ4v) is 2.40. The zero-order valence-corrected chi connectivity index (χ0v) is 13.5. The SMILES string of the molecule is CC(C)OC(=O)C1(O)CCN(C(=O)OCc2ccccc2)CC1. The number of rotatable bonds is 4. The van der Waals surface area contributed by atoms with Crippen LogP contribution in [-0.4, -0.2) is 46.9 Å². The van der Waals surface area contributed by atoms with Crippen LogP contribution in [0, 0.1) is 0 Å². The molecule has 0 saturated carbocycles. The fourth-order valence-electron chi connectivity index (χ4n) is 2.40. The fraction of sp³-hybridized carbons (Fsp3) is 0.529. The van der Waals surface area contributed by atoms with Crippen LogP contribution in [0.1, 0.15) is 32.3 Å². The van der Waals surface area contributed by atoms with E-state index in [4.69, 9.17) is 9.47 Å². The number of aliphatic hydroxyl groups is 1. The summed E-state index contributed by atoms with van der Waals surface area (Å²) < 4.78 is 10.3. The molecule has 1 saturated heterocycles. The standard InChI is InChI=1S/C17H23NO5/c1-13(2)23-15(19)17(21)8-10-18(11-9-17)16(20)22-12-14-6-4-3-5-7-14/h3-7,13,21H,8-12H2,1-2H3. The summed E-state index contributed by atoms with van der Waals surface area (Å²) in [5, 5.41) is 10.3. The summed E-state index contributed by atoms with van der Waals surface area (Å²) in [7, 11) is 0. The van der Waals surface area contributed by atoms with Crippen molar-refractivity contribution in [3.05, 3.63) is 35.9 Å². The van der Waals surface area contributed by atoms with Crippen molar-refractivity contribution in [2.75, 3.05) is 13.1 Å². The number of esters is 1. The number of hydrogen-bond donors (Lipinski definition) is 1. The van der Waals surface area contributed by atoms with E-state index in [0.29, 0.717) is 0 Å². The Morgan fingerprint density at radius 2 is 1.83 bits per heavy atom. The van der Waals surface area contributed by atoms with E-state index in [9.17, 15) is 14.7 Å². The monoisotopic (exact) mass is 321 g/mol. The highest BCUT2D eigenvalue weighted by Gasteiger charge is 2.42. The number of benzene rings is 1. The lowest BCUT2D eigenvalue weighted by molar-refractivity contribution is -0.174. The largest absolute Gasteiger partial charge is 0.461 e. The third kappa shape index (κ3) is 4.69. The second-order valence-electron chi connectivity index (χ2n) is 6.01. The molecule has 1 fully saturated rings. The van der Waals surface area contributed by atoms with Gasteiger partial charge in [-0.2, -0.15) is 0 Å². The molecular formula is C17H23NO5. The summed E-state index contributed by atoms with van der Waals surface area (Å²) in [5.74, 6) is -0.621. The molecule has 0 radical (unpaired) electrons. The Balaban J connectivity index is 1.81. The van der Waals surface area contributed by atoms with Crippen molar-refractivity contribution in [3.63, 3.8) is 0 Å². The molecule has 1 N–H and O–H groups in total. The molecule has 6 nitrogen and oxygen atoms in total. The van der Waals surface area contributed by atoms with E-state index in [0.717, 1.165) is 5.56 Å². The molecule has 1 amide bonds. The first-order chi connectivity index (χ1) is 10.9. The number of ether oxygens (including phenoxy) is 2. The Bertz CT molecular complexity index is 535. The lowest BCUT2D eigenvalue weighted by atomic mass is 9.92. The number of hydrogen-bond acceptors (Lipinski definition) is 5. The second kappa shape index (κ2) is 7.46. The first kappa shape index (κ1) is 17.3. The molecule has 0 bridgehead atoms. The Morgan fingerprint density at radius 3 is 2.39 bits per heavy atom. The van der Waals surface area contributed by atoms with Gasteiger partial charge < -0.3 is 19.5 Å². The van der Waals surface area contributed by atoms with E-state index in [2.05, 4.69) is 0 Å². The van der Waals surface area contributed by atoms with Gasteiger partial charge in [0.1, 0.15) is 6.61 Å². The van der Waals surface area contributed by atoms with Gasteiger partial charge >= 0.3 is 12.1 Å². The van der Waals surface area contributed by atoms with Gasteiger partial charge in [0.25, 0.3) is 0 Å². The van der Waals surface area contributed by atoms with Crippen LogP contribution in [0.25, 0.3) is 0 Å². The van der Waals surface area contributed by atoms with Crippen LogP contribution in [0.5, 0.6) is 0 Å². The molecule has 0 atom stereocenters. The molecule has 1 heterocycles. The molecule has 0 spiro atoms. The minimum atomic E-state index is -1.51. The first-order valence-electron chi connectivity index (χ1n) is 7.80. The van der Waals surface area contributed by atoms with Crippen LogP contribution in [0.2, 0.25) is 0 Å². The molecule has 1 aromatic carbocycles. The average Bonchev–Trinajstić information content (AvgIpc) is 2.53. The third-order valence-corrected chi connectivity index (χ3v) is 3.78. The summed E-state index contributed by atoms with van der Waals surface area (Å²) in [4.78, 5) is 25.4. The molecule has 23 heavy (non-hydrogen) atoms. The normalized spacial score (nSPS) is 17.0. The average molecular weight is 321 g/mol. The molecule has 0 aliphatic carbocycles. The van der Waals surface area contributed by atoms with Crippen LogP contribution < -0.4 is 0 Å². The number of amides is 1. The molecule has 1 aromatic rings. The van der Waals surface area contributed by atoms with Crippen molar-refractivity contribution in [2.24, 2.45) is 0 Å². The van der Waals surface area contributed by atoms with Gasteiger partial charge in [0.05, 0.1) is 6.10 Å². The molecule has 6 heteroatoms. The quantitative estimate of drug-likeness (QED) is 0.860. The van der Waals surface area contributed by atoms with Crippen LogP contribution >= 0.6 is 0 Å². The molecule has 1 aliphatic rings. The number of likely N-dealkylation sites (tertiary alicyclic amines) is 1. The van der Waals surface area contributed by atoms with Crippen molar-refractivity contribution in [2.45, 2.75) is 45.0 Å². The zero-order chi connectivity index (χ0) is 16.9. The maximum absolute atomic E-state index is 12.0. The van der Waals surface area contributed by atoms with E-state index >= 15 is 0 Å². The second-order valence-corrected chi connectivity index (χ2v) is 6.01. The van der Waals surface area contributed by atoms with Crippen molar-refractivity contribution in [1.29, 1.82) is 0 Å². The van der Waals surface area contributed by atoms with Gasteiger partial charge in [-0.15, -0.1) is 0 Å². The minimum Gasteiger partial charge on any atom is -0.461 e. The number of piperidine rings is 1. The Kier molecular flexibility index (Phi) is 5.60. The Labute approximate surface area is 136 Å².